The lowest BCUT2D eigenvalue weighted by molar-refractivity contribution is -0.114. The summed E-state index contributed by atoms with van der Waals surface area (Å²) in [6, 6.07) is 8.83. The van der Waals surface area contributed by atoms with E-state index in [2.05, 4.69) is 28.3 Å². The number of nitrogens with one attached hydrogen (secondary N) is 2. The van der Waals surface area contributed by atoms with Gasteiger partial charge in [-0.15, -0.1) is 36.4 Å². The maximum absolute atomic E-state index is 12.6. The van der Waals surface area contributed by atoms with Crippen molar-refractivity contribution in [3.8, 4) is 17.2 Å². The minimum Gasteiger partial charge on any atom is -0.493 e. The molecule has 0 saturated carbocycles. The molecule has 226 valence electrons. The number of hydrogen-bond donors (Lipinski definition) is 4. The van der Waals surface area contributed by atoms with E-state index in [-0.39, 0.29) is 54.0 Å². The van der Waals surface area contributed by atoms with Crippen LogP contribution in [0.25, 0.3) is 0 Å². The van der Waals surface area contributed by atoms with Crippen LogP contribution in [0.5, 0.6) is 17.2 Å². The lowest BCUT2D eigenvalue weighted by atomic mass is 10.2. The van der Waals surface area contributed by atoms with Crippen LogP contribution in [0, 0.1) is 6.92 Å². The summed E-state index contributed by atoms with van der Waals surface area (Å²) in [7, 11) is -7.07. The SMILES string of the molecule is C=CCOP(=O)(OCC=C)Oc1ccc(NC(=O)CCl)cc1OC.Cc1cc(NC(=O)CCl)ccc1OP(=O)(O)O. The molecule has 0 fully saturated rings. The van der Waals surface area contributed by atoms with Gasteiger partial charge in [-0.2, -0.15) is 0 Å². The number of halogens is 2. The van der Waals surface area contributed by atoms with E-state index in [0.29, 0.717) is 16.9 Å². The molecule has 2 aromatic carbocycles. The van der Waals surface area contributed by atoms with E-state index < -0.39 is 15.6 Å². The van der Waals surface area contributed by atoms with Crippen LogP contribution in [0.15, 0.2) is 61.7 Å². The van der Waals surface area contributed by atoms with Crippen molar-refractivity contribution in [3.05, 3.63) is 67.3 Å². The predicted molar refractivity (Wildman–Crippen MR) is 156 cm³/mol. The highest BCUT2D eigenvalue weighted by Gasteiger charge is 2.29. The van der Waals surface area contributed by atoms with Gasteiger partial charge in [0.05, 0.1) is 20.3 Å². The molecule has 2 aromatic rings. The summed E-state index contributed by atoms with van der Waals surface area (Å²) in [5.74, 6) is -0.677. The molecule has 0 radical (unpaired) electrons. The van der Waals surface area contributed by atoms with E-state index in [4.69, 9.17) is 51.3 Å². The Morgan fingerprint density at radius 2 is 1.34 bits per heavy atom. The predicted octanol–water partition coefficient (Wildman–Crippen LogP) is 5.41. The van der Waals surface area contributed by atoms with Gasteiger partial charge in [0, 0.05) is 17.4 Å². The standard InChI is InChI=1S/C15H19ClNO6P.C9H11ClNO5P/c1-4-8-21-24(19,22-9-5-2)23-13-7-6-12(10-14(13)20-3)17-15(18)11-16;1-6-4-7(11-9(12)5-10)2-3-8(6)16-17(13,14)15/h4-7,10H,1-2,8-9,11H2,3H3,(H,17,18);2-4H,5H2,1H3,(H,11,12)(H2,13,14,15). The highest BCUT2D eigenvalue weighted by Crippen LogP contribution is 2.51. The maximum Gasteiger partial charge on any atom is 0.530 e. The summed E-state index contributed by atoms with van der Waals surface area (Å²) < 4.78 is 48.4. The Labute approximate surface area is 247 Å². The second-order valence-electron chi connectivity index (χ2n) is 7.50. The number of amides is 2. The fourth-order valence-electron chi connectivity index (χ4n) is 2.67. The van der Waals surface area contributed by atoms with Gasteiger partial charge in [-0.25, -0.2) is 9.13 Å². The number of aryl methyl sites for hydroxylation is 1. The molecule has 0 heterocycles. The summed E-state index contributed by atoms with van der Waals surface area (Å²) >= 11 is 10.8. The van der Waals surface area contributed by atoms with Gasteiger partial charge in [-0.05, 0) is 42.8 Å². The Bertz CT molecular complexity index is 1290. The second-order valence-corrected chi connectivity index (χ2v) is 10.8. The third-order valence-corrected chi connectivity index (χ3v) is 6.55. The van der Waals surface area contributed by atoms with Crippen molar-refractivity contribution in [2.45, 2.75) is 6.92 Å². The smallest absolute Gasteiger partial charge is 0.493 e. The van der Waals surface area contributed by atoms with Crippen LogP contribution in [0.4, 0.5) is 11.4 Å². The lowest BCUT2D eigenvalue weighted by Gasteiger charge is -2.19. The molecule has 0 spiro atoms. The fraction of sp³-hybridized carbons (Fsp3) is 0.250. The molecular weight excluding hydrogens is 625 g/mol. The molecular formula is C24H30Cl2N2O11P2. The molecule has 0 aliphatic heterocycles. The number of methoxy groups -OCH3 is 1. The first kappa shape index (κ1) is 36.2. The molecule has 0 saturated heterocycles. The average Bonchev–Trinajstić information content (AvgIpc) is 2.92. The van der Waals surface area contributed by atoms with E-state index >= 15 is 0 Å². The molecule has 2 rings (SSSR count). The number of alkyl halides is 2. The van der Waals surface area contributed by atoms with Crippen molar-refractivity contribution in [2.24, 2.45) is 0 Å². The highest BCUT2D eigenvalue weighted by atomic mass is 35.5. The van der Waals surface area contributed by atoms with E-state index in [9.17, 15) is 18.7 Å². The molecule has 0 aliphatic rings. The normalized spacial score (nSPS) is 10.9. The summed E-state index contributed by atoms with van der Waals surface area (Å²) in [4.78, 5) is 39.6. The molecule has 0 aromatic heterocycles. The van der Waals surface area contributed by atoms with Crippen LogP contribution < -0.4 is 24.4 Å². The van der Waals surface area contributed by atoms with E-state index in [1.54, 1.807) is 6.92 Å². The number of rotatable bonds is 15. The van der Waals surface area contributed by atoms with Crippen molar-refractivity contribution in [1.82, 2.24) is 0 Å². The van der Waals surface area contributed by atoms with Crippen LogP contribution >= 0.6 is 38.8 Å². The van der Waals surface area contributed by atoms with Gasteiger partial charge in [0.1, 0.15) is 17.5 Å². The van der Waals surface area contributed by atoms with Gasteiger partial charge in [0.15, 0.2) is 11.5 Å². The van der Waals surface area contributed by atoms with Crippen LogP contribution in [0.3, 0.4) is 0 Å². The van der Waals surface area contributed by atoms with Crippen molar-refractivity contribution in [3.63, 3.8) is 0 Å². The molecule has 4 N–H and O–H groups in total. The highest BCUT2D eigenvalue weighted by molar-refractivity contribution is 7.49. The number of benzene rings is 2. The van der Waals surface area contributed by atoms with Crippen LogP contribution in [-0.2, 0) is 27.8 Å². The first-order valence-corrected chi connectivity index (χ1v) is 15.4. The van der Waals surface area contributed by atoms with E-state index in [1.165, 1.54) is 55.7 Å². The zero-order valence-electron chi connectivity index (χ0n) is 22.1. The van der Waals surface area contributed by atoms with Gasteiger partial charge in [-0.3, -0.25) is 28.4 Å². The lowest BCUT2D eigenvalue weighted by Crippen LogP contribution is -2.12. The molecule has 13 nitrogen and oxygen atoms in total. The average molecular weight is 655 g/mol. The summed E-state index contributed by atoms with van der Waals surface area (Å²) in [6.45, 7) is 8.50. The van der Waals surface area contributed by atoms with Crippen molar-refractivity contribution >= 4 is 62.0 Å². The molecule has 0 bridgehead atoms. The Hall–Kier alpha value is -2.86. The first-order valence-electron chi connectivity index (χ1n) is 11.4. The topological polar surface area (TPSA) is 179 Å². The Morgan fingerprint density at radius 3 is 1.76 bits per heavy atom. The van der Waals surface area contributed by atoms with Gasteiger partial charge in [-0.1, -0.05) is 12.2 Å². The van der Waals surface area contributed by atoms with Crippen LogP contribution in [0.1, 0.15) is 5.56 Å². The summed E-state index contributed by atoms with van der Waals surface area (Å²) in [5, 5.41) is 5.06. The quantitative estimate of drug-likeness (QED) is 0.110. The van der Waals surface area contributed by atoms with Crippen LogP contribution in [0.2, 0.25) is 0 Å². The van der Waals surface area contributed by atoms with E-state index in [0.717, 1.165) is 0 Å². The summed E-state index contributed by atoms with van der Waals surface area (Å²) in [6.07, 6.45) is 2.82. The molecule has 0 atom stereocenters. The molecule has 0 aliphatic carbocycles. The monoisotopic (exact) mass is 654 g/mol. The summed E-state index contributed by atoms with van der Waals surface area (Å²) in [5.41, 5.74) is 1.41. The number of carbonyl (C=O) groups is 2. The number of carbonyl (C=O) groups excluding carboxylic acids is 2. The molecule has 41 heavy (non-hydrogen) atoms. The third-order valence-electron chi connectivity index (χ3n) is 4.28. The number of ether oxygens (including phenoxy) is 1. The van der Waals surface area contributed by atoms with Gasteiger partial charge in [0.25, 0.3) is 0 Å². The Balaban J connectivity index is 0.000000435. The number of phosphoric acid groups is 2. The maximum atomic E-state index is 12.6. The zero-order chi connectivity index (χ0) is 31.1. The number of phosphoric ester groups is 2. The first-order chi connectivity index (χ1) is 19.3. The Morgan fingerprint density at radius 1 is 0.854 bits per heavy atom. The van der Waals surface area contributed by atoms with Gasteiger partial charge in [0.2, 0.25) is 11.8 Å². The fourth-order valence-corrected chi connectivity index (χ4v) is 4.41. The molecule has 2 amide bonds. The van der Waals surface area contributed by atoms with Gasteiger partial charge >= 0.3 is 15.6 Å². The minimum absolute atomic E-state index is 0.0272. The van der Waals surface area contributed by atoms with Crippen molar-refractivity contribution < 1.29 is 51.3 Å². The Kier molecular flexibility index (Phi) is 15.7. The van der Waals surface area contributed by atoms with Gasteiger partial charge < -0.3 is 24.4 Å². The van der Waals surface area contributed by atoms with E-state index in [1.807, 2.05) is 0 Å². The molecule has 0 unspecified atom stereocenters. The second kappa shape index (κ2) is 17.8. The molecule has 17 heteroatoms. The third kappa shape index (κ3) is 14.0. The van der Waals surface area contributed by atoms with Crippen molar-refractivity contribution in [1.29, 1.82) is 0 Å². The largest absolute Gasteiger partial charge is 0.530 e. The number of anilines is 2. The zero-order valence-corrected chi connectivity index (χ0v) is 25.4. The van der Waals surface area contributed by atoms with Crippen molar-refractivity contribution in [2.75, 3.05) is 42.7 Å². The minimum atomic E-state index is -4.57. The van der Waals surface area contributed by atoms with Crippen LogP contribution in [-0.4, -0.2) is 53.7 Å². The number of hydrogen-bond acceptors (Lipinski definition) is 9.